The maximum atomic E-state index is 11.8. The molecular weight excluding hydrogens is 354 g/mol. The Morgan fingerprint density at radius 1 is 0.885 bits per heavy atom. The molecule has 0 aliphatic carbocycles. The molecule has 0 aliphatic heterocycles. The fourth-order valence-electron chi connectivity index (χ4n) is 1.65. The van der Waals surface area contributed by atoms with Crippen molar-refractivity contribution in [2.24, 2.45) is 11.5 Å². The third-order valence-electron chi connectivity index (χ3n) is 2.90. The lowest BCUT2D eigenvalue weighted by atomic mass is 10.1. The first kappa shape index (κ1) is 22.8. The molecule has 0 radical (unpaired) electrons. The standard InChI is InChI=1S/C13H21N5O8/c14-6(1-2-10(21)22)12(25)16-4-9(20)18-7(3-8(15)19)13(26)17-5-11(23)24/h6-7H,1-5,14H2,(H2,15,19)(H,16,25)(H,17,26)(H,18,20)(H,21,22)(H,23,24). The first-order valence-corrected chi connectivity index (χ1v) is 7.35. The molecule has 26 heavy (non-hydrogen) atoms. The fraction of sp³-hybridized carbons (Fsp3) is 0.538. The Balaban J connectivity index is 4.53. The summed E-state index contributed by atoms with van der Waals surface area (Å²) in [6, 6.07) is -2.56. The monoisotopic (exact) mass is 375 g/mol. The van der Waals surface area contributed by atoms with Gasteiger partial charge in [-0.15, -0.1) is 0 Å². The van der Waals surface area contributed by atoms with Crippen LogP contribution in [0.1, 0.15) is 19.3 Å². The van der Waals surface area contributed by atoms with Crippen molar-refractivity contribution in [3.05, 3.63) is 0 Å². The zero-order valence-electron chi connectivity index (χ0n) is 13.7. The van der Waals surface area contributed by atoms with Crippen molar-refractivity contribution < 1.29 is 39.0 Å². The predicted molar refractivity (Wildman–Crippen MR) is 84.2 cm³/mol. The smallest absolute Gasteiger partial charge is 0.322 e. The lowest BCUT2D eigenvalue weighted by molar-refractivity contribution is -0.139. The topological polar surface area (TPSA) is 231 Å². The van der Waals surface area contributed by atoms with Crippen molar-refractivity contribution in [3.8, 4) is 0 Å². The second-order valence-electron chi connectivity index (χ2n) is 5.16. The van der Waals surface area contributed by atoms with E-state index in [0.717, 1.165) is 0 Å². The van der Waals surface area contributed by atoms with E-state index in [1.807, 2.05) is 5.32 Å². The molecule has 0 aromatic heterocycles. The van der Waals surface area contributed by atoms with Gasteiger partial charge >= 0.3 is 11.9 Å². The number of amides is 4. The summed E-state index contributed by atoms with van der Waals surface area (Å²) in [5, 5.41) is 23.2. The van der Waals surface area contributed by atoms with E-state index in [1.54, 1.807) is 0 Å². The molecule has 0 saturated heterocycles. The molecule has 0 spiro atoms. The van der Waals surface area contributed by atoms with Crippen LogP contribution in [0.15, 0.2) is 0 Å². The fourth-order valence-corrected chi connectivity index (χ4v) is 1.65. The number of carboxylic acids is 2. The number of rotatable bonds is 12. The van der Waals surface area contributed by atoms with E-state index in [-0.39, 0.29) is 12.8 Å². The number of aliphatic carboxylic acids is 2. The number of carboxylic acid groups (broad SMARTS) is 2. The molecule has 0 heterocycles. The predicted octanol–water partition coefficient (Wildman–Crippen LogP) is -4.14. The molecule has 146 valence electrons. The number of carbonyl (C=O) groups is 6. The van der Waals surface area contributed by atoms with Crippen LogP contribution in [0.4, 0.5) is 0 Å². The molecule has 9 N–H and O–H groups in total. The van der Waals surface area contributed by atoms with Gasteiger partial charge in [-0.25, -0.2) is 0 Å². The van der Waals surface area contributed by atoms with Crippen molar-refractivity contribution in [2.75, 3.05) is 13.1 Å². The van der Waals surface area contributed by atoms with Crippen LogP contribution in [-0.4, -0.2) is 71.0 Å². The number of hydrogen-bond acceptors (Lipinski definition) is 7. The lowest BCUT2D eigenvalue weighted by Crippen LogP contribution is -2.52. The summed E-state index contributed by atoms with van der Waals surface area (Å²) in [5.41, 5.74) is 10.4. The summed E-state index contributed by atoms with van der Waals surface area (Å²) in [5.74, 6) is -5.95. The van der Waals surface area contributed by atoms with Crippen LogP contribution < -0.4 is 27.4 Å². The van der Waals surface area contributed by atoms with Gasteiger partial charge in [0.2, 0.25) is 23.6 Å². The Kier molecular flexibility index (Phi) is 9.95. The Labute approximate surface area is 147 Å². The van der Waals surface area contributed by atoms with Crippen molar-refractivity contribution in [1.82, 2.24) is 16.0 Å². The SMILES string of the molecule is NC(=O)CC(NC(=O)CNC(=O)C(N)CCC(=O)O)C(=O)NCC(=O)O. The molecule has 0 aliphatic rings. The summed E-state index contributed by atoms with van der Waals surface area (Å²) >= 11 is 0. The minimum absolute atomic E-state index is 0.134. The normalized spacial score (nSPS) is 12.3. The molecule has 0 rings (SSSR count). The summed E-state index contributed by atoms with van der Waals surface area (Å²) in [6.07, 6.45) is -1.04. The van der Waals surface area contributed by atoms with Crippen LogP contribution in [0.2, 0.25) is 0 Å². The molecular formula is C13H21N5O8. The third kappa shape index (κ3) is 10.5. The molecule has 0 fully saturated rings. The van der Waals surface area contributed by atoms with Gasteiger partial charge in [0.1, 0.15) is 12.6 Å². The molecule has 4 amide bonds. The molecule has 2 unspecified atom stereocenters. The Hall–Kier alpha value is -3.22. The molecule has 13 nitrogen and oxygen atoms in total. The Morgan fingerprint density at radius 3 is 1.96 bits per heavy atom. The van der Waals surface area contributed by atoms with Gasteiger partial charge < -0.3 is 37.6 Å². The summed E-state index contributed by atoms with van der Waals surface area (Å²) in [7, 11) is 0. The summed E-state index contributed by atoms with van der Waals surface area (Å²) in [4.78, 5) is 66.9. The van der Waals surface area contributed by atoms with Crippen molar-refractivity contribution >= 4 is 35.6 Å². The number of nitrogens with one attached hydrogen (secondary N) is 3. The van der Waals surface area contributed by atoms with Crippen LogP contribution >= 0.6 is 0 Å². The van der Waals surface area contributed by atoms with Gasteiger partial charge in [-0.3, -0.25) is 28.8 Å². The maximum absolute atomic E-state index is 11.8. The van der Waals surface area contributed by atoms with E-state index in [4.69, 9.17) is 21.7 Å². The maximum Gasteiger partial charge on any atom is 0.322 e. The van der Waals surface area contributed by atoms with Gasteiger partial charge in [-0.1, -0.05) is 0 Å². The van der Waals surface area contributed by atoms with E-state index >= 15 is 0 Å². The highest BCUT2D eigenvalue weighted by Crippen LogP contribution is 1.95. The van der Waals surface area contributed by atoms with Gasteiger partial charge in [0, 0.05) is 6.42 Å². The van der Waals surface area contributed by atoms with Crippen molar-refractivity contribution in [3.63, 3.8) is 0 Å². The highest BCUT2D eigenvalue weighted by Gasteiger charge is 2.24. The van der Waals surface area contributed by atoms with E-state index < -0.39 is 67.2 Å². The number of carbonyl (C=O) groups excluding carboxylic acids is 4. The Morgan fingerprint density at radius 2 is 1.46 bits per heavy atom. The quantitative estimate of drug-likeness (QED) is 0.175. The van der Waals surface area contributed by atoms with E-state index in [1.165, 1.54) is 0 Å². The molecule has 13 heteroatoms. The number of nitrogens with two attached hydrogens (primary N) is 2. The summed E-state index contributed by atoms with van der Waals surface area (Å²) in [6.45, 7) is -1.32. The van der Waals surface area contributed by atoms with Crippen LogP contribution in [0.5, 0.6) is 0 Å². The highest BCUT2D eigenvalue weighted by molar-refractivity contribution is 5.94. The average Bonchev–Trinajstić information content (AvgIpc) is 2.54. The largest absolute Gasteiger partial charge is 0.481 e. The van der Waals surface area contributed by atoms with Crippen LogP contribution in [0, 0.1) is 0 Å². The lowest BCUT2D eigenvalue weighted by Gasteiger charge is -2.17. The zero-order chi connectivity index (χ0) is 20.3. The van der Waals surface area contributed by atoms with Gasteiger partial charge in [-0.2, -0.15) is 0 Å². The van der Waals surface area contributed by atoms with Gasteiger partial charge in [0.05, 0.1) is 19.0 Å². The molecule has 0 bridgehead atoms. The number of primary amides is 1. The summed E-state index contributed by atoms with van der Waals surface area (Å²) < 4.78 is 0. The van der Waals surface area contributed by atoms with Gasteiger partial charge in [0.25, 0.3) is 0 Å². The van der Waals surface area contributed by atoms with Crippen LogP contribution in [-0.2, 0) is 28.8 Å². The van der Waals surface area contributed by atoms with Crippen molar-refractivity contribution in [2.45, 2.75) is 31.3 Å². The zero-order valence-corrected chi connectivity index (χ0v) is 13.7. The van der Waals surface area contributed by atoms with E-state index in [2.05, 4.69) is 10.6 Å². The first-order valence-electron chi connectivity index (χ1n) is 7.35. The van der Waals surface area contributed by atoms with Crippen LogP contribution in [0.25, 0.3) is 0 Å². The van der Waals surface area contributed by atoms with Gasteiger partial charge in [0.15, 0.2) is 0 Å². The molecule has 0 aromatic rings. The second-order valence-corrected chi connectivity index (χ2v) is 5.16. The molecule has 0 aromatic carbocycles. The van der Waals surface area contributed by atoms with Gasteiger partial charge in [-0.05, 0) is 6.42 Å². The minimum Gasteiger partial charge on any atom is -0.481 e. The molecule has 0 saturated carbocycles. The first-order chi connectivity index (χ1) is 12.0. The number of hydrogen-bond donors (Lipinski definition) is 7. The van der Waals surface area contributed by atoms with E-state index in [9.17, 15) is 28.8 Å². The van der Waals surface area contributed by atoms with E-state index in [0.29, 0.717) is 0 Å². The van der Waals surface area contributed by atoms with Crippen molar-refractivity contribution in [1.29, 1.82) is 0 Å². The third-order valence-corrected chi connectivity index (χ3v) is 2.90. The molecule has 2 atom stereocenters. The minimum atomic E-state index is -1.42. The Bertz CT molecular complexity index is 579. The average molecular weight is 375 g/mol. The van der Waals surface area contributed by atoms with Crippen LogP contribution in [0.3, 0.4) is 0 Å². The second kappa shape index (κ2) is 11.4. The highest BCUT2D eigenvalue weighted by atomic mass is 16.4.